The summed E-state index contributed by atoms with van der Waals surface area (Å²) >= 11 is 0. The third kappa shape index (κ3) is 4.00. The van der Waals surface area contributed by atoms with Gasteiger partial charge in [-0.05, 0) is 24.1 Å². The molecule has 0 aliphatic heterocycles. The zero-order valence-corrected chi connectivity index (χ0v) is 9.35. The van der Waals surface area contributed by atoms with Crippen LogP contribution >= 0.6 is 0 Å². The fourth-order valence-corrected chi connectivity index (χ4v) is 1.24. The van der Waals surface area contributed by atoms with Crippen LogP contribution in [0.1, 0.15) is 29.3 Å². The van der Waals surface area contributed by atoms with Gasteiger partial charge < -0.3 is 15.6 Å². The van der Waals surface area contributed by atoms with Crippen LogP contribution in [-0.2, 0) is 11.3 Å². The molecular formula is C12H17NO3. The van der Waals surface area contributed by atoms with Crippen molar-refractivity contribution in [3.8, 4) is 0 Å². The number of hydrogen-bond acceptors (Lipinski definition) is 3. The van der Waals surface area contributed by atoms with Crippen molar-refractivity contribution in [1.82, 2.24) is 0 Å². The lowest BCUT2D eigenvalue weighted by atomic mass is 10.1. The van der Waals surface area contributed by atoms with Crippen molar-refractivity contribution in [2.24, 2.45) is 5.73 Å². The third-order valence-corrected chi connectivity index (χ3v) is 2.30. The Morgan fingerprint density at radius 1 is 1.56 bits per heavy atom. The minimum Gasteiger partial charge on any atom is -0.478 e. The molecule has 0 bridgehead atoms. The minimum absolute atomic E-state index is 0.0441. The quantitative estimate of drug-likeness (QED) is 0.769. The van der Waals surface area contributed by atoms with Crippen LogP contribution in [0, 0.1) is 0 Å². The van der Waals surface area contributed by atoms with E-state index in [1.165, 1.54) is 0 Å². The largest absolute Gasteiger partial charge is 0.478 e. The number of hydrogen-bond donors (Lipinski definition) is 2. The maximum Gasteiger partial charge on any atom is 0.335 e. The molecule has 0 heterocycles. The fraction of sp³-hybridized carbons (Fsp3) is 0.417. The minimum atomic E-state index is -0.924. The number of carboxylic acid groups (broad SMARTS) is 1. The molecular weight excluding hydrogens is 206 g/mol. The highest BCUT2D eigenvalue weighted by Crippen LogP contribution is 2.07. The Morgan fingerprint density at radius 2 is 2.31 bits per heavy atom. The Bertz CT molecular complexity index is 352. The predicted octanol–water partition coefficient (Wildman–Crippen LogP) is 1.64. The topological polar surface area (TPSA) is 72.5 Å². The monoisotopic (exact) mass is 223 g/mol. The fourth-order valence-electron chi connectivity index (χ4n) is 1.24. The van der Waals surface area contributed by atoms with E-state index in [1.54, 1.807) is 18.2 Å². The van der Waals surface area contributed by atoms with Gasteiger partial charge in [-0.1, -0.05) is 19.1 Å². The van der Waals surface area contributed by atoms with Crippen LogP contribution in [0.5, 0.6) is 0 Å². The summed E-state index contributed by atoms with van der Waals surface area (Å²) in [6.07, 6.45) is 0.870. The number of ether oxygens (including phenoxy) is 1. The van der Waals surface area contributed by atoms with Gasteiger partial charge in [0.15, 0.2) is 0 Å². The first-order valence-corrected chi connectivity index (χ1v) is 5.29. The lowest BCUT2D eigenvalue weighted by molar-refractivity contribution is 0.0696. The van der Waals surface area contributed by atoms with Crippen molar-refractivity contribution in [3.05, 3.63) is 35.4 Å². The summed E-state index contributed by atoms with van der Waals surface area (Å²) in [7, 11) is 0. The summed E-state index contributed by atoms with van der Waals surface area (Å²) in [5, 5.41) is 8.80. The van der Waals surface area contributed by atoms with E-state index < -0.39 is 5.97 Å². The molecule has 1 aromatic carbocycles. The van der Waals surface area contributed by atoms with E-state index in [4.69, 9.17) is 15.6 Å². The molecule has 0 amide bonds. The van der Waals surface area contributed by atoms with Gasteiger partial charge in [-0.3, -0.25) is 0 Å². The van der Waals surface area contributed by atoms with Gasteiger partial charge in [0, 0.05) is 6.04 Å². The molecule has 0 spiro atoms. The standard InChI is InChI=1S/C12H17NO3/c1-2-11(13)8-16-7-9-4-3-5-10(6-9)12(14)15/h3-6,11H,2,7-8,13H2,1H3,(H,14,15). The zero-order chi connectivity index (χ0) is 12.0. The number of carboxylic acids is 1. The Hall–Kier alpha value is -1.39. The van der Waals surface area contributed by atoms with Gasteiger partial charge in [0.05, 0.1) is 18.8 Å². The van der Waals surface area contributed by atoms with Crippen LogP contribution in [0.4, 0.5) is 0 Å². The van der Waals surface area contributed by atoms with Crippen molar-refractivity contribution >= 4 is 5.97 Å². The summed E-state index contributed by atoms with van der Waals surface area (Å²) in [5.74, 6) is -0.924. The number of benzene rings is 1. The summed E-state index contributed by atoms with van der Waals surface area (Å²) in [6.45, 7) is 2.89. The average molecular weight is 223 g/mol. The maximum atomic E-state index is 10.7. The first-order chi connectivity index (χ1) is 7.63. The van der Waals surface area contributed by atoms with Gasteiger partial charge >= 0.3 is 5.97 Å². The number of nitrogens with two attached hydrogens (primary N) is 1. The lowest BCUT2D eigenvalue weighted by Gasteiger charge is -2.09. The van der Waals surface area contributed by atoms with Crippen LogP contribution in [0.25, 0.3) is 0 Å². The molecule has 0 radical (unpaired) electrons. The normalized spacial score (nSPS) is 12.4. The molecule has 4 nitrogen and oxygen atoms in total. The summed E-state index contributed by atoms with van der Waals surface area (Å²) in [5.41, 5.74) is 6.82. The molecule has 88 valence electrons. The van der Waals surface area contributed by atoms with Crippen LogP contribution in [-0.4, -0.2) is 23.7 Å². The first-order valence-electron chi connectivity index (χ1n) is 5.29. The Kier molecular flexibility index (Phi) is 4.95. The summed E-state index contributed by atoms with van der Waals surface area (Å²) < 4.78 is 5.39. The predicted molar refractivity (Wildman–Crippen MR) is 61.3 cm³/mol. The molecule has 0 aromatic heterocycles. The van der Waals surface area contributed by atoms with Crippen LogP contribution in [0.2, 0.25) is 0 Å². The first kappa shape index (κ1) is 12.7. The van der Waals surface area contributed by atoms with Crippen LogP contribution in [0.3, 0.4) is 0 Å². The SMILES string of the molecule is CCC(N)COCc1cccc(C(=O)O)c1. The molecule has 0 fully saturated rings. The smallest absolute Gasteiger partial charge is 0.335 e. The maximum absolute atomic E-state index is 10.7. The molecule has 0 saturated carbocycles. The van der Waals surface area contributed by atoms with Crippen molar-refractivity contribution in [3.63, 3.8) is 0 Å². The molecule has 1 atom stereocenters. The second kappa shape index (κ2) is 6.25. The van der Waals surface area contributed by atoms with Gasteiger partial charge in [-0.25, -0.2) is 4.79 Å². The molecule has 1 rings (SSSR count). The third-order valence-electron chi connectivity index (χ3n) is 2.30. The number of carbonyl (C=O) groups is 1. The number of rotatable bonds is 6. The second-order valence-corrected chi connectivity index (χ2v) is 3.69. The molecule has 0 saturated heterocycles. The van der Waals surface area contributed by atoms with Gasteiger partial charge in [0.1, 0.15) is 0 Å². The Morgan fingerprint density at radius 3 is 2.94 bits per heavy atom. The highest BCUT2D eigenvalue weighted by molar-refractivity contribution is 5.87. The molecule has 0 aliphatic rings. The van der Waals surface area contributed by atoms with E-state index in [9.17, 15) is 4.79 Å². The van der Waals surface area contributed by atoms with Crippen LogP contribution < -0.4 is 5.73 Å². The van der Waals surface area contributed by atoms with Crippen LogP contribution in [0.15, 0.2) is 24.3 Å². The van der Waals surface area contributed by atoms with Gasteiger partial charge in [-0.2, -0.15) is 0 Å². The van der Waals surface area contributed by atoms with Gasteiger partial charge in [-0.15, -0.1) is 0 Å². The molecule has 0 aliphatic carbocycles. The number of aromatic carboxylic acids is 1. The molecule has 16 heavy (non-hydrogen) atoms. The van der Waals surface area contributed by atoms with Crippen molar-refractivity contribution in [1.29, 1.82) is 0 Å². The van der Waals surface area contributed by atoms with E-state index in [2.05, 4.69) is 0 Å². The molecule has 3 N–H and O–H groups in total. The van der Waals surface area contributed by atoms with Crippen molar-refractivity contribution in [2.45, 2.75) is 26.0 Å². The second-order valence-electron chi connectivity index (χ2n) is 3.69. The van der Waals surface area contributed by atoms with Gasteiger partial charge in [0.25, 0.3) is 0 Å². The van der Waals surface area contributed by atoms with E-state index in [0.717, 1.165) is 12.0 Å². The highest BCUT2D eigenvalue weighted by Gasteiger charge is 2.04. The summed E-state index contributed by atoms with van der Waals surface area (Å²) in [6, 6.07) is 6.76. The lowest BCUT2D eigenvalue weighted by Crippen LogP contribution is -2.24. The van der Waals surface area contributed by atoms with E-state index in [1.807, 2.05) is 13.0 Å². The average Bonchev–Trinajstić information content (AvgIpc) is 2.29. The Labute approximate surface area is 95.0 Å². The Balaban J connectivity index is 2.48. The zero-order valence-electron chi connectivity index (χ0n) is 9.35. The van der Waals surface area contributed by atoms with E-state index in [-0.39, 0.29) is 11.6 Å². The van der Waals surface area contributed by atoms with Crippen molar-refractivity contribution in [2.75, 3.05) is 6.61 Å². The molecule has 1 aromatic rings. The molecule has 4 heteroatoms. The molecule has 1 unspecified atom stereocenters. The van der Waals surface area contributed by atoms with Crippen molar-refractivity contribution < 1.29 is 14.6 Å². The van der Waals surface area contributed by atoms with E-state index >= 15 is 0 Å². The van der Waals surface area contributed by atoms with E-state index in [0.29, 0.717) is 13.2 Å². The highest BCUT2D eigenvalue weighted by atomic mass is 16.5. The van der Waals surface area contributed by atoms with Gasteiger partial charge in [0.2, 0.25) is 0 Å². The summed E-state index contributed by atoms with van der Waals surface area (Å²) in [4.78, 5) is 10.7.